The summed E-state index contributed by atoms with van der Waals surface area (Å²) >= 11 is 0. The first kappa shape index (κ1) is 15.8. The van der Waals surface area contributed by atoms with Crippen LogP contribution in [0.4, 0.5) is 4.39 Å². The van der Waals surface area contributed by atoms with Crippen molar-refractivity contribution in [2.24, 2.45) is 7.05 Å². The van der Waals surface area contributed by atoms with Crippen LogP contribution in [-0.4, -0.2) is 9.78 Å². The molecule has 0 amide bonds. The molecule has 0 aliphatic carbocycles. The van der Waals surface area contributed by atoms with Crippen LogP contribution in [0.1, 0.15) is 50.8 Å². The van der Waals surface area contributed by atoms with E-state index in [-0.39, 0.29) is 44.4 Å². The summed E-state index contributed by atoms with van der Waals surface area (Å²) in [6.45, 7) is 8.17. The Labute approximate surface area is 133 Å². The zero-order chi connectivity index (χ0) is 12.7. The normalized spacial score (nSPS) is 11.3. The molecule has 0 aliphatic heterocycles. The Morgan fingerprint density at radius 1 is 1.11 bits per heavy atom. The summed E-state index contributed by atoms with van der Waals surface area (Å²) in [7, 11) is 1.81. The van der Waals surface area contributed by atoms with E-state index in [4.69, 9.17) is 0 Å². The minimum Gasteiger partial charge on any atom is -0.265 e. The Morgan fingerprint density at radius 2 is 1.72 bits per heavy atom. The van der Waals surface area contributed by atoms with E-state index in [0.717, 1.165) is 16.6 Å². The molecule has 0 spiro atoms. The SMILES string of the molecule is CC(C)c1ccc2c(C(C)C)nn(C)c2c1F.[Y]. The third kappa shape index (κ3) is 2.53. The second-order valence-corrected chi connectivity index (χ2v) is 5.18. The quantitative estimate of drug-likeness (QED) is 0.818. The number of nitrogens with zero attached hydrogens (tertiary/aromatic N) is 2. The molecule has 0 atom stereocenters. The summed E-state index contributed by atoms with van der Waals surface area (Å²) in [6.07, 6.45) is 0. The zero-order valence-corrected chi connectivity index (χ0v) is 14.5. The Morgan fingerprint density at radius 3 is 2.22 bits per heavy atom. The maximum absolute atomic E-state index is 14.4. The fraction of sp³-hybridized carbons (Fsp3) is 0.500. The van der Waals surface area contributed by atoms with Gasteiger partial charge in [-0.15, -0.1) is 0 Å². The third-order valence-electron chi connectivity index (χ3n) is 3.17. The van der Waals surface area contributed by atoms with Crippen LogP contribution in [0.5, 0.6) is 0 Å². The van der Waals surface area contributed by atoms with E-state index in [0.29, 0.717) is 11.4 Å². The number of fused-ring (bicyclic) bond motifs is 1. The van der Waals surface area contributed by atoms with Gasteiger partial charge in [-0.1, -0.05) is 39.8 Å². The summed E-state index contributed by atoms with van der Waals surface area (Å²) in [5.41, 5.74) is 2.35. The molecule has 0 bridgehead atoms. The summed E-state index contributed by atoms with van der Waals surface area (Å²) in [5.74, 6) is 0.374. The second kappa shape index (κ2) is 5.79. The summed E-state index contributed by atoms with van der Waals surface area (Å²) in [5, 5.41) is 5.36. The summed E-state index contributed by atoms with van der Waals surface area (Å²) < 4.78 is 16.1. The average molecular weight is 323 g/mol. The maximum atomic E-state index is 14.4. The van der Waals surface area contributed by atoms with Crippen molar-refractivity contribution < 1.29 is 37.1 Å². The Kier molecular flexibility index (Phi) is 5.08. The minimum absolute atomic E-state index is 0. The number of halogens is 1. The average Bonchev–Trinajstić information content (AvgIpc) is 2.56. The maximum Gasteiger partial charge on any atom is 0.152 e. The van der Waals surface area contributed by atoms with Crippen molar-refractivity contribution >= 4 is 10.9 Å². The molecule has 95 valence electrons. The van der Waals surface area contributed by atoms with E-state index in [1.165, 1.54) is 0 Å². The van der Waals surface area contributed by atoms with Gasteiger partial charge in [-0.25, -0.2) is 4.39 Å². The van der Waals surface area contributed by atoms with E-state index in [1.54, 1.807) is 11.7 Å². The Bertz CT molecular complexity index is 558. The second-order valence-electron chi connectivity index (χ2n) is 5.18. The van der Waals surface area contributed by atoms with Gasteiger partial charge in [0.05, 0.1) is 5.69 Å². The van der Waals surface area contributed by atoms with Crippen LogP contribution in [0.25, 0.3) is 10.9 Å². The van der Waals surface area contributed by atoms with Crippen molar-refractivity contribution in [2.75, 3.05) is 0 Å². The summed E-state index contributed by atoms with van der Waals surface area (Å²) in [6, 6.07) is 3.88. The van der Waals surface area contributed by atoms with Gasteiger partial charge in [0, 0.05) is 45.1 Å². The van der Waals surface area contributed by atoms with Crippen molar-refractivity contribution in [1.82, 2.24) is 9.78 Å². The van der Waals surface area contributed by atoms with Crippen LogP contribution >= 0.6 is 0 Å². The standard InChI is InChI=1S/C14H19FN2.Y/c1-8(2)10-6-7-11-13(9(3)4)16-17(5)14(11)12(10)15;/h6-9H,1-5H3;. The predicted molar refractivity (Wildman–Crippen MR) is 68.9 cm³/mol. The Balaban J connectivity index is 0.00000162. The number of aryl methyl sites for hydroxylation is 1. The molecule has 0 unspecified atom stereocenters. The topological polar surface area (TPSA) is 17.8 Å². The molecule has 0 N–H and O–H groups in total. The molecule has 0 aliphatic rings. The molecule has 18 heavy (non-hydrogen) atoms. The van der Waals surface area contributed by atoms with Gasteiger partial charge in [0.25, 0.3) is 0 Å². The smallest absolute Gasteiger partial charge is 0.152 e. The van der Waals surface area contributed by atoms with Crippen molar-refractivity contribution in [2.45, 2.75) is 39.5 Å². The molecule has 1 aromatic carbocycles. The molecule has 2 nitrogen and oxygen atoms in total. The van der Waals surface area contributed by atoms with Crippen molar-refractivity contribution in [3.8, 4) is 0 Å². The first-order chi connectivity index (χ1) is 7.93. The van der Waals surface area contributed by atoms with Gasteiger partial charge in [-0.2, -0.15) is 5.10 Å². The number of rotatable bonds is 2. The predicted octanol–water partition coefficient (Wildman–Crippen LogP) is 3.96. The molecule has 1 aromatic heterocycles. The molecule has 0 saturated heterocycles. The van der Waals surface area contributed by atoms with E-state index in [1.807, 2.05) is 26.0 Å². The van der Waals surface area contributed by atoms with Crippen LogP contribution in [0.2, 0.25) is 0 Å². The zero-order valence-electron chi connectivity index (χ0n) is 11.7. The molecular formula is C14H19FN2Y. The molecule has 1 radical (unpaired) electrons. The van der Waals surface area contributed by atoms with Crippen LogP contribution in [0.3, 0.4) is 0 Å². The molecule has 0 fully saturated rings. The van der Waals surface area contributed by atoms with Gasteiger partial charge in [0.1, 0.15) is 5.52 Å². The number of aromatic nitrogens is 2. The number of hydrogen-bond acceptors (Lipinski definition) is 1. The van der Waals surface area contributed by atoms with Gasteiger partial charge in [-0.3, -0.25) is 4.68 Å². The molecule has 2 rings (SSSR count). The van der Waals surface area contributed by atoms with Gasteiger partial charge >= 0.3 is 0 Å². The first-order valence-corrected chi connectivity index (χ1v) is 6.08. The molecular weight excluding hydrogens is 304 g/mol. The van der Waals surface area contributed by atoms with Crippen molar-refractivity contribution in [3.63, 3.8) is 0 Å². The summed E-state index contributed by atoms with van der Waals surface area (Å²) in [4.78, 5) is 0. The van der Waals surface area contributed by atoms with Crippen LogP contribution in [-0.2, 0) is 39.8 Å². The minimum atomic E-state index is -0.126. The third-order valence-corrected chi connectivity index (χ3v) is 3.17. The van der Waals surface area contributed by atoms with Crippen LogP contribution in [0.15, 0.2) is 12.1 Å². The first-order valence-electron chi connectivity index (χ1n) is 6.08. The molecule has 1 heterocycles. The van der Waals surface area contributed by atoms with Gasteiger partial charge in [0.15, 0.2) is 5.82 Å². The Hall–Kier alpha value is -0.276. The van der Waals surface area contributed by atoms with Gasteiger partial charge in [-0.05, 0) is 17.4 Å². The van der Waals surface area contributed by atoms with Crippen LogP contribution < -0.4 is 0 Å². The number of benzene rings is 1. The fourth-order valence-electron chi connectivity index (χ4n) is 2.24. The molecule has 0 saturated carbocycles. The van der Waals surface area contributed by atoms with Crippen LogP contribution in [0, 0.1) is 5.82 Å². The monoisotopic (exact) mass is 323 g/mol. The van der Waals surface area contributed by atoms with E-state index in [9.17, 15) is 4.39 Å². The van der Waals surface area contributed by atoms with E-state index < -0.39 is 0 Å². The molecule has 2 aromatic rings. The van der Waals surface area contributed by atoms with Crippen molar-refractivity contribution in [1.29, 1.82) is 0 Å². The van der Waals surface area contributed by atoms with Crippen molar-refractivity contribution in [3.05, 3.63) is 29.2 Å². The molecule has 4 heteroatoms. The van der Waals surface area contributed by atoms with E-state index in [2.05, 4.69) is 18.9 Å². The van der Waals surface area contributed by atoms with Gasteiger partial charge < -0.3 is 0 Å². The van der Waals surface area contributed by atoms with Gasteiger partial charge in [0.2, 0.25) is 0 Å². The fourth-order valence-corrected chi connectivity index (χ4v) is 2.24. The largest absolute Gasteiger partial charge is 0.265 e. The van der Waals surface area contributed by atoms with E-state index >= 15 is 0 Å². The number of hydrogen-bond donors (Lipinski definition) is 0.